The van der Waals surface area contributed by atoms with Crippen LogP contribution in [0.15, 0.2) is 6.07 Å². The van der Waals surface area contributed by atoms with Gasteiger partial charge in [0.15, 0.2) is 5.82 Å². The van der Waals surface area contributed by atoms with Crippen LogP contribution in [0.3, 0.4) is 0 Å². The summed E-state index contributed by atoms with van der Waals surface area (Å²) < 4.78 is 27.5. The van der Waals surface area contributed by atoms with E-state index in [-0.39, 0.29) is 12.1 Å². The normalized spacial score (nSPS) is 18.2. The number of hydrogen-bond donors (Lipinski definition) is 2. The first-order chi connectivity index (χ1) is 7.52. The molecule has 0 heterocycles. The highest BCUT2D eigenvalue weighted by Gasteiger charge is 2.42. The third-order valence-electron chi connectivity index (χ3n) is 3.37. The summed E-state index contributed by atoms with van der Waals surface area (Å²) in [6.07, 6.45) is 2.20. The van der Waals surface area contributed by atoms with Gasteiger partial charge in [0.1, 0.15) is 16.6 Å². The lowest BCUT2D eigenvalue weighted by Crippen LogP contribution is -2.43. The van der Waals surface area contributed by atoms with Gasteiger partial charge in [-0.05, 0) is 12.8 Å². The smallest absolute Gasteiger partial charge is 0.152 e. The van der Waals surface area contributed by atoms with Gasteiger partial charge in [-0.1, -0.05) is 18.0 Å². The van der Waals surface area contributed by atoms with Crippen LogP contribution in [0.4, 0.5) is 8.78 Å². The molecule has 0 amide bonds. The molecule has 1 saturated carbocycles. The second kappa shape index (κ2) is 3.86. The van der Waals surface area contributed by atoms with Crippen molar-refractivity contribution < 1.29 is 13.9 Å². The summed E-state index contributed by atoms with van der Waals surface area (Å²) in [4.78, 5) is 0. The number of benzene rings is 1. The maximum Gasteiger partial charge on any atom is 0.152 e. The Bertz CT molecular complexity index is 427. The molecular weight excluding hydrogens is 236 g/mol. The molecular formula is C11H12ClF2NO. The number of phenolic OH excluding ortho intramolecular Hbond substituents is 1. The highest BCUT2D eigenvalue weighted by atomic mass is 35.5. The van der Waals surface area contributed by atoms with Crippen molar-refractivity contribution in [3.8, 4) is 5.75 Å². The molecule has 0 aliphatic heterocycles. The fraction of sp³-hybridized carbons (Fsp3) is 0.455. The van der Waals surface area contributed by atoms with Gasteiger partial charge in [0, 0.05) is 23.6 Å². The van der Waals surface area contributed by atoms with Gasteiger partial charge in [0.2, 0.25) is 0 Å². The van der Waals surface area contributed by atoms with Gasteiger partial charge in [-0.2, -0.15) is 0 Å². The van der Waals surface area contributed by atoms with E-state index < -0.39 is 27.8 Å². The van der Waals surface area contributed by atoms with Crippen LogP contribution in [0, 0.1) is 11.6 Å². The van der Waals surface area contributed by atoms with Crippen molar-refractivity contribution in [2.75, 3.05) is 6.54 Å². The molecule has 0 radical (unpaired) electrons. The predicted octanol–water partition coefficient (Wildman–Crippen LogP) is 2.70. The van der Waals surface area contributed by atoms with E-state index in [2.05, 4.69) is 0 Å². The van der Waals surface area contributed by atoms with Gasteiger partial charge < -0.3 is 10.8 Å². The second-order valence-corrected chi connectivity index (χ2v) is 4.60. The van der Waals surface area contributed by atoms with Gasteiger partial charge in [0.25, 0.3) is 0 Å². The van der Waals surface area contributed by atoms with Crippen LogP contribution in [0.2, 0.25) is 5.02 Å². The minimum Gasteiger partial charge on any atom is -0.506 e. The lowest BCUT2D eigenvalue weighted by atomic mass is 9.64. The molecule has 0 saturated heterocycles. The van der Waals surface area contributed by atoms with E-state index >= 15 is 0 Å². The Balaban J connectivity index is 2.60. The summed E-state index contributed by atoms with van der Waals surface area (Å²) in [6, 6.07) is 0.844. The number of halogens is 3. The zero-order chi connectivity index (χ0) is 11.9. The van der Waals surface area contributed by atoms with E-state index in [4.69, 9.17) is 17.3 Å². The predicted molar refractivity (Wildman–Crippen MR) is 57.6 cm³/mol. The van der Waals surface area contributed by atoms with Crippen LogP contribution >= 0.6 is 11.6 Å². The van der Waals surface area contributed by atoms with Crippen LogP contribution in [-0.2, 0) is 5.41 Å². The largest absolute Gasteiger partial charge is 0.506 e. The van der Waals surface area contributed by atoms with Crippen molar-refractivity contribution in [3.63, 3.8) is 0 Å². The molecule has 0 spiro atoms. The van der Waals surface area contributed by atoms with Crippen molar-refractivity contribution in [3.05, 3.63) is 28.3 Å². The van der Waals surface area contributed by atoms with Crippen LogP contribution in [0.1, 0.15) is 24.8 Å². The van der Waals surface area contributed by atoms with Crippen LogP contribution < -0.4 is 5.73 Å². The third kappa shape index (κ3) is 1.48. The molecule has 0 atom stereocenters. The number of aromatic hydroxyl groups is 1. The standard InChI is InChI=1S/C11H12ClF2NO/c12-9-7(16)4-6(13)8(10(9)14)11(5-15)2-1-3-11/h4,16H,1-3,5,15H2. The van der Waals surface area contributed by atoms with E-state index in [1.165, 1.54) is 0 Å². The molecule has 1 fully saturated rings. The quantitative estimate of drug-likeness (QED) is 0.790. The maximum absolute atomic E-state index is 13.8. The molecule has 1 aliphatic carbocycles. The SMILES string of the molecule is NCC1(c2c(F)cc(O)c(Cl)c2F)CCC1. The zero-order valence-corrected chi connectivity index (χ0v) is 9.32. The second-order valence-electron chi connectivity index (χ2n) is 4.22. The van der Waals surface area contributed by atoms with Crippen LogP contribution in [-0.4, -0.2) is 11.7 Å². The molecule has 3 N–H and O–H groups in total. The fourth-order valence-electron chi connectivity index (χ4n) is 2.23. The first kappa shape index (κ1) is 11.6. The Morgan fingerprint density at radius 3 is 2.50 bits per heavy atom. The molecule has 16 heavy (non-hydrogen) atoms. The van der Waals surface area contributed by atoms with Crippen molar-refractivity contribution >= 4 is 11.6 Å². The summed E-state index contributed by atoms with van der Waals surface area (Å²) in [6.45, 7) is 0.182. The fourth-order valence-corrected chi connectivity index (χ4v) is 2.38. The Labute approximate surface area is 97.0 Å². The minimum absolute atomic E-state index is 0.0796. The third-order valence-corrected chi connectivity index (χ3v) is 3.73. The monoisotopic (exact) mass is 247 g/mol. The van der Waals surface area contributed by atoms with E-state index in [0.717, 1.165) is 12.5 Å². The summed E-state index contributed by atoms with van der Waals surface area (Å²) in [7, 11) is 0. The molecule has 1 aromatic rings. The number of rotatable bonds is 2. The van der Waals surface area contributed by atoms with E-state index in [0.29, 0.717) is 12.8 Å². The highest BCUT2D eigenvalue weighted by Crippen LogP contribution is 2.47. The lowest BCUT2D eigenvalue weighted by molar-refractivity contribution is 0.235. The maximum atomic E-state index is 13.8. The van der Waals surface area contributed by atoms with Crippen LogP contribution in [0.5, 0.6) is 5.75 Å². The molecule has 1 aliphatic rings. The molecule has 2 rings (SSSR count). The van der Waals surface area contributed by atoms with Gasteiger partial charge in [-0.15, -0.1) is 0 Å². The minimum atomic E-state index is -0.885. The van der Waals surface area contributed by atoms with E-state index in [1.54, 1.807) is 0 Å². The topological polar surface area (TPSA) is 46.2 Å². The number of nitrogens with two attached hydrogens (primary N) is 1. The average Bonchev–Trinajstić information content (AvgIpc) is 2.18. The summed E-state index contributed by atoms with van der Waals surface area (Å²) >= 11 is 5.57. The Morgan fingerprint density at radius 2 is 2.06 bits per heavy atom. The molecule has 5 heteroatoms. The van der Waals surface area contributed by atoms with Crippen LogP contribution in [0.25, 0.3) is 0 Å². The zero-order valence-electron chi connectivity index (χ0n) is 8.56. The first-order valence-electron chi connectivity index (χ1n) is 5.09. The highest BCUT2D eigenvalue weighted by molar-refractivity contribution is 6.32. The lowest BCUT2D eigenvalue weighted by Gasteiger charge is -2.41. The Hall–Kier alpha value is -0.870. The van der Waals surface area contributed by atoms with Gasteiger partial charge in [0.05, 0.1) is 0 Å². The Morgan fingerprint density at radius 1 is 1.44 bits per heavy atom. The van der Waals surface area contributed by atoms with Crippen molar-refractivity contribution in [2.24, 2.45) is 5.73 Å². The van der Waals surface area contributed by atoms with Crippen molar-refractivity contribution in [1.82, 2.24) is 0 Å². The number of phenols is 1. The number of hydrogen-bond acceptors (Lipinski definition) is 2. The van der Waals surface area contributed by atoms with Crippen molar-refractivity contribution in [2.45, 2.75) is 24.7 Å². The molecule has 0 aromatic heterocycles. The summed E-state index contributed by atoms with van der Waals surface area (Å²) in [5, 5.41) is 8.76. The van der Waals surface area contributed by atoms with E-state index in [1.807, 2.05) is 0 Å². The molecule has 2 nitrogen and oxygen atoms in total. The van der Waals surface area contributed by atoms with Crippen molar-refractivity contribution in [1.29, 1.82) is 0 Å². The van der Waals surface area contributed by atoms with Gasteiger partial charge in [-0.3, -0.25) is 0 Å². The first-order valence-corrected chi connectivity index (χ1v) is 5.46. The van der Waals surface area contributed by atoms with Gasteiger partial charge in [-0.25, -0.2) is 8.78 Å². The summed E-state index contributed by atoms with van der Waals surface area (Å²) in [5.41, 5.74) is 4.86. The molecule has 0 bridgehead atoms. The summed E-state index contributed by atoms with van der Waals surface area (Å²) in [5.74, 6) is -2.24. The van der Waals surface area contributed by atoms with E-state index in [9.17, 15) is 13.9 Å². The average molecular weight is 248 g/mol. The molecule has 0 unspecified atom stereocenters. The molecule has 88 valence electrons. The Kier molecular flexibility index (Phi) is 2.80. The van der Waals surface area contributed by atoms with Gasteiger partial charge >= 0.3 is 0 Å². The molecule has 1 aromatic carbocycles.